The lowest BCUT2D eigenvalue weighted by Gasteiger charge is -2.38. The molecule has 0 saturated heterocycles. The van der Waals surface area contributed by atoms with E-state index in [0.717, 1.165) is 22.6 Å². The number of benzene rings is 11. The highest BCUT2D eigenvalue weighted by Gasteiger charge is 2.53. The summed E-state index contributed by atoms with van der Waals surface area (Å²) in [7, 11) is 0. The standard InChI is InChI=1S/C74H49NS/c1-2-3-6-35-59(50-27-9-5-10-28-50)73(60-36-17-11-29-52(60)49-25-7-4-8-26-49)63-39-20-14-32-55(63)58-48-51(46-47-65(58)73)75(68-43-24-45-70-72(68)57-34-16-22-44-69(57)76-70)67-42-23-41-66-71(67)56-33-15-21-40-64(56)74(66)61-37-18-12-30-53(61)54-31-13-19-38-62(54)74/h2-48H,1H2/b6-3-,59-35+. The molecule has 1 unspecified atom stereocenters. The summed E-state index contributed by atoms with van der Waals surface area (Å²) in [4.78, 5) is 2.60. The van der Waals surface area contributed by atoms with E-state index in [1.165, 1.54) is 109 Å². The summed E-state index contributed by atoms with van der Waals surface area (Å²) < 4.78 is 2.54. The van der Waals surface area contributed by atoms with Gasteiger partial charge in [-0.1, -0.05) is 255 Å². The predicted octanol–water partition coefficient (Wildman–Crippen LogP) is 19.7. The summed E-state index contributed by atoms with van der Waals surface area (Å²) in [6.45, 7) is 4.09. The zero-order valence-corrected chi connectivity index (χ0v) is 42.5. The third-order valence-electron chi connectivity index (χ3n) is 16.6. The first-order valence-electron chi connectivity index (χ1n) is 26.3. The first-order valence-corrected chi connectivity index (χ1v) is 27.1. The van der Waals surface area contributed by atoms with Crippen LogP contribution in [0.2, 0.25) is 0 Å². The normalized spacial score (nSPS) is 15.3. The number of hydrogen-bond acceptors (Lipinski definition) is 2. The molecule has 0 fully saturated rings. The third kappa shape index (κ3) is 6.14. The van der Waals surface area contributed by atoms with Gasteiger partial charge < -0.3 is 4.90 Å². The van der Waals surface area contributed by atoms with Crippen LogP contribution < -0.4 is 4.90 Å². The van der Waals surface area contributed by atoms with Crippen molar-refractivity contribution in [3.05, 3.63) is 336 Å². The zero-order chi connectivity index (χ0) is 50.4. The summed E-state index contributed by atoms with van der Waals surface area (Å²) in [5.74, 6) is 0. The van der Waals surface area contributed by atoms with Crippen LogP contribution >= 0.6 is 11.3 Å². The second-order valence-corrected chi connectivity index (χ2v) is 21.3. The van der Waals surface area contributed by atoms with E-state index >= 15 is 0 Å². The first-order chi connectivity index (χ1) is 37.7. The van der Waals surface area contributed by atoms with E-state index in [4.69, 9.17) is 0 Å². The molecule has 0 aliphatic heterocycles. The van der Waals surface area contributed by atoms with Gasteiger partial charge in [-0.05, 0) is 125 Å². The largest absolute Gasteiger partial charge is 0.309 e. The average Bonchev–Trinajstić information content (AvgIpc) is 4.40. The second-order valence-electron chi connectivity index (χ2n) is 20.2. The van der Waals surface area contributed by atoms with Gasteiger partial charge in [-0.3, -0.25) is 0 Å². The number of fused-ring (bicyclic) bond motifs is 16. The average molecular weight is 984 g/mol. The van der Waals surface area contributed by atoms with Crippen LogP contribution in [-0.2, 0) is 10.8 Å². The quantitative estimate of drug-likeness (QED) is 0.130. The highest BCUT2D eigenvalue weighted by Crippen LogP contribution is 2.66. The molecule has 15 rings (SSSR count). The van der Waals surface area contributed by atoms with Crippen molar-refractivity contribution in [2.24, 2.45) is 0 Å². The van der Waals surface area contributed by atoms with Crippen LogP contribution in [-0.4, -0.2) is 0 Å². The SMILES string of the molecule is C=C/C=C\C=C(/c1ccccc1)C1(c2ccccc2-c2ccccc2)c2ccccc2-c2cc(N(c3cccc4c3-c3ccccc3C43c4ccccc4-c4ccccc43)c3cccc4sc5ccccc5c34)ccc21. The van der Waals surface area contributed by atoms with Crippen LogP contribution in [0.5, 0.6) is 0 Å². The van der Waals surface area contributed by atoms with Crippen LogP contribution in [0.3, 0.4) is 0 Å². The molecule has 1 spiro atoms. The molecule has 3 aliphatic rings. The Kier molecular flexibility index (Phi) is 10.1. The zero-order valence-electron chi connectivity index (χ0n) is 41.7. The molecule has 0 N–H and O–H groups in total. The Hall–Kier alpha value is -9.34. The maximum atomic E-state index is 4.09. The van der Waals surface area contributed by atoms with Crippen molar-refractivity contribution in [3.63, 3.8) is 0 Å². The van der Waals surface area contributed by atoms with E-state index in [2.05, 4.69) is 284 Å². The molecular formula is C74H49NS. The third-order valence-corrected chi connectivity index (χ3v) is 17.7. The summed E-state index contributed by atoms with van der Waals surface area (Å²) in [5, 5.41) is 2.52. The van der Waals surface area contributed by atoms with Gasteiger partial charge in [0.1, 0.15) is 0 Å². The topological polar surface area (TPSA) is 3.24 Å². The summed E-state index contributed by atoms with van der Waals surface area (Å²) in [6.07, 6.45) is 8.39. The van der Waals surface area contributed by atoms with E-state index < -0.39 is 10.8 Å². The molecule has 0 radical (unpaired) electrons. The van der Waals surface area contributed by atoms with Gasteiger partial charge in [0, 0.05) is 31.4 Å². The highest BCUT2D eigenvalue weighted by molar-refractivity contribution is 7.26. The molecule has 1 aromatic heterocycles. The van der Waals surface area contributed by atoms with Gasteiger partial charge in [0.15, 0.2) is 0 Å². The summed E-state index contributed by atoms with van der Waals surface area (Å²) in [5.41, 5.74) is 23.5. The van der Waals surface area contributed by atoms with Gasteiger partial charge in [-0.25, -0.2) is 0 Å². The van der Waals surface area contributed by atoms with Crippen molar-refractivity contribution < 1.29 is 0 Å². The Morgan fingerprint density at radius 2 is 0.908 bits per heavy atom. The van der Waals surface area contributed by atoms with Crippen molar-refractivity contribution in [2.45, 2.75) is 10.8 Å². The lowest BCUT2D eigenvalue weighted by atomic mass is 9.63. The first kappa shape index (κ1) is 44.2. The highest BCUT2D eigenvalue weighted by atomic mass is 32.1. The van der Waals surface area contributed by atoms with E-state index in [9.17, 15) is 0 Å². The predicted molar refractivity (Wildman–Crippen MR) is 321 cm³/mol. The maximum absolute atomic E-state index is 4.09. The molecule has 1 heterocycles. The number of nitrogens with zero attached hydrogens (tertiary/aromatic N) is 1. The van der Waals surface area contributed by atoms with Gasteiger partial charge in [0.25, 0.3) is 0 Å². The molecule has 2 heteroatoms. The van der Waals surface area contributed by atoms with Gasteiger partial charge in [-0.2, -0.15) is 0 Å². The lowest BCUT2D eigenvalue weighted by molar-refractivity contribution is 0.794. The monoisotopic (exact) mass is 983 g/mol. The van der Waals surface area contributed by atoms with Gasteiger partial charge >= 0.3 is 0 Å². The van der Waals surface area contributed by atoms with Crippen molar-refractivity contribution in [3.8, 4) is 44.5 Å². The molecule has 0 bridgehead atoms. The molecule has 0 amide bonds. The molecule has 1 atom stereocenters. The van der Waals surface area contributed by atoms with Gasteiger partial charge in [-0.15, -0.1) is 11.3 Å². The summed E-state index contributed by atoms with van der Waals surface area (Å²) >= 11 is 1.87. The van der Waals surface area contributed by atoms with Crippen LogP contribution in [0.25, 0.3) is 70.3 Å². The molecule has 76 heavy (non-hydrogen) atoms. The van der Waals surface area contributed by atoms with Crippen LogP contribution in [0, 0.1) is 0 Å². The second kappa shape index (κ2) is 17.4. The number of hydrogen-bond donors (Lipinski definition) is 0. The van der Waals surface area contributed by atoms with Crippen LogP contribution in [0.1, 0.15) is 44.5 Å². The van der Waals surface area contributed by atoms with E-state index in [1.54, 1.807) is 0 Å². The number of rotatable bonds is 9. The lowest BCUT2D eigenvalue weighted by Crippen LogP contribution is -2.30. The van der Waals surface area contributed by atoms with Gasteiger partial charge in [0.2, 0.25) is 0 Å². The van der Waals surface area contributed by atoms with Crippen LogP contribution in [0.15, 0.2) is 292 Å². The number of allylic oxidation sites excluding steroid dienone is 5. The smallest absolute Gasteiger partial charge is 0.0726 e. The molecule has 12 aromatic rings. The van der Waals surface area contributed by atoms with E-state index in [0.29, 0.717) is 0 Å². The van der Waals surface area contributed by atoms with Crippen molar-refractivity contribution in [2.75, 3.05) is 4.90 Å². The molecule has 1 nitrogen and oxygen atoms in total. The van der Waals surface area contributed by atoms with Crippen molar-refractivity contribution in [1.82, 2.24) is 0 Å². The summed E-state index contributed by atoms with van der Waals surface area (Å²) in [6, 6.07) is 97.8. The van der Waals surface area contributed by atoms with E-state index in [-0.39, 0.29) is 0 Å². The molecule has 11 aromatic carbocycles. The number of anilines is 3. The fourth-order valence-electron chi connectivity index (χ4n) is 13.8. The molecule has 3 aliphatic carbocycles. The molecule has 356 valence electrons. The Morgan fingerprint density at radius 1 is 0.395 bits per heavy atom. The van der Waals surface area contributed by atoms with Crippen LogP contribution in [0.4, 0.5) is 17.1 Å². The minimum Gasteiger partial charge on any atom is -0.309 e. The minimum atomic E-state index is -0.735. The molecular weight excluding hydrogens is 935 g/mol. The molecule has 0 saturated carbocycles. The maximum Gasteiger partial charge on any atom is 0.0726 e. The fraction of sp³-hybridized carbons (Fsp3) is 0.0270. The number of thiophene rings is 1. The van der Waals surface area contributed by atoms with Gasteiger partial charge in [0.05, 0.1) is 22.2 Å². The van der Waals surface area contributed by atoms with Crippen molar-refractivity contribution in [1.29, 1.82) is 0 Å². The van der Waals surface area contributed by atoms with Crippen molar-refractivity contribution >= 4 is 54.1 Å². The Bertz CT molecular complexity index is 4340. The Morgan fingerprint density at radius 3 is 1.62 bits per heavy atom. The Labute approximate surface area is 448 Å². The van der Waals surface area contributed by atoms with E-state index in [1.807, 2.05) is 23.5 Å². The fourth-order valence-corrected chi connectivity index (χ4v) is 14.9. The Balaban J connectivity index is 1.06. The minimum absolute atomic E-state index is 0.495.